The molecule has 1 heterocycles. The van der Waals surface area contributed by atoms with Crippen molar-refractivity contribution < 1.29 is 19.1 Å². The van der Waals surface area contributed by atoms with Crippen LogP contribution >= 0.6 is 0 Å². The lowest BCUT2D eigenvalue weighted by Gasteiger charge is -2.16. The van der Waals surface area contributed by atoms with Crippen LogP contribution in [0.25, 0.3) is 0 Å². The molecule has 110 valence electrons. The number of carbonyl (C=O) groups is 2. The van der Waals surface area contributed by atoms with Gasteiger partial charge in [-0.2, -0.15) is 0 Å². The molecule has 9 heteroatoms. The van der Waals surface area contributed by atoms with E-state index in [1.54, 1.807) is 0 Å². The molecular formula is C11H15N3O6. The van der Waals surface area contributed by atoms with Crippen LogP contribution in [-0.2, 0) is 33.2 Å². The Balaban J connectivity index is 3.74. The highest BCUT2D eigenvalue weighted by Gasteiger charge is 2.36. The van der Waals surface area contributed by atoms with E-state index >= 15 is 0 Å². The van der Waals surface area contributed by atoms with Crippen molar-refractivity contribution in [3.8, 4) is 0 Å². The number of aromatic nitrogens is 2. The van der Waals surface area contributed by atoms with Gasteiger partial charge in [-0.1, -0.05) is 0 Å². The first-order chi connectivity index (χ1) is 9.27. The van der Waals surface area contributed by atoms with E-state index in [0.29, 0.717) is 0 Å². The first-order valence-electron chi connectivity index (χ1n) is 5.48. The molecule has 9 nitrogen and oxygen atoms in total. The van der Waals surface area contributed by atoms with Crippen molar-refractivity contribution in [3.63, 3.8) is 0 Å². The summed E-state index contributed by atoms with van der Waals surface area (Å²) in [7, 11) is 4.63. The van der Waals surface area contributed by atoms with Crippen molar-refractivity contribution in [2.75, 3.05) is 20.0 Å². The van der Waals surface area contributed by atoms with Crippen molar-refractivity contribution in [3.05, 3.63) is 26.4 Å². The molecule has 0 aliphatic carbocycles. The molecule has 0 aliphatic rings. The molecule has 20 heavy (non-hydrogen) atoms. The Labute approximate surface area is 113 Å². The van der Waals surface area contributed by atoms with E-state index < -0.39 is 29.1 Å². The summed E-state index contributed by atoms with van der Waals surface area (Å²) in [6.07, 6.45) is 0. The maximum Gasteiger partial charge on any atom is 0.332 e. The molecule has 0 atom stereocenters. The van der Waals surface area contributed by atoms with Crippen molar-refractivity contribution in [1.82, 2.24) is 9.13 Å². The van der Waals surface area contributed by atoms with E-state index in [2.05, 4.69) is 9.47 Å². The molecule has 1 aromatic heterocycles. The smallest absolute Gasteiger partial charge is 0.332 e. The molecule has 0 saturated heterocycles. The van der Waals surface area contributed by atoms with E-state index in [-0.39, 0.29) is 11.4 Å². The lowest BCUT2D eigenvalue weighted by Crippen LogP contribution is -2.43. The Morgan fingerprint density at radius 2 is 1.50 bits per heavy atom. The molecule has 1 aromatic rings. The van der Waals surface area contributed by atoms with Gasteiger partial charge in [-0.25, -0.2) is 4.79 Å². The van der Waals surface area contributed by atoms with Gasteiger partial charge in [0.15, 0.2) is 5.92 Å². The molecule has 0 saturated carbocycles. The molecule has 0 radical (unpaired) electrons. The fourth-order valence-electron chi connectivity index (χ4n) is 1.72. The third-order valence-corrected chi connectivity index (χ3v) is 2.91. The highest BCUT2D eigenvalue weighted by Crippen LogP contribution is 2.20. The average molecular weight is 285 g/mol. The van der Waals surface area contributed by atoms with Crippen LogP contribution in [0.5, 0.6) is 0 Å². The quantitative estimate of drug-likeness (QED) is 0.508. The number of hydrogen-bond donors (Lipinski definition) is 1. The van der Waals surface area contributed by atoms with Crippen molar-refractivity contribution in [2.45, 2.75) is 5.92 Å². The predicted molar refractivity (Wildman–Crippen MR) is 68.1 cm³/mol. The topological polar surface area (TPSA) is 123 Å². The first-order valence-corrected chi connectivity index (χ1v) is 5.48. The minimum absolute atomic E-state index is 0.293. The monoisotopic (exact) mass is 285 g/mol. The molecule has 0 unspecified atom stereocenters. The van der Waals surface area contributed by atoms with Gasteiger partial charge < -0.3 is 15.2 Å². The maximum atomic E-state index is 12.1. The summed E-state index contributed by atoms with van der Waals surface area (Å²) in [5.74, 6) is -3.94. The number of esters is 2. The van der Waals surface area contributed by atoms with Crippen LogP contribution in [0.3, 0.4) is 0 Å². The summed E-state index contributed by atoms with van der Waals surface area (Å²) in [6, 6.07) is 0. The number of nitrogens with two attached hydrogens (primary N) is 1. The van der Waals surface area contributed by atoms with E-state index in [1.807, 2.05) is 0 Å². The van der Waals surface area contributed by atoms with Gasteiger partial charge >= 0.3 is 17.6 Å². The fourth-order valence-corrected chi connectivity index (χ4v) is 1.72. The largest absolute Gasteiger partial charge is 0.468 e. The minimum atomic E-state index is -1.64. The summed E-state index contributed by atoms with van der Waals surface area (Å²) in [6.45, 7) is 0. The second kappa shape index (κ2) is 5.59. The standard InChI is InChI=1S/C11H15N3O6/c1-13-7(12)5(8(15)14(2)11(13)18)6(9(16)19-3)10(17)20-4/h6H,12H2,1-4H3. The number of methoxy groups -OCH3 is 2. The second-order valence-corrected chi connectivity index (χ2v) is 3.98. The van der Waals surface area contributed by atoms with Gasteiger partial charge in [0.2, 0.25) is 0 Å². The van der Waals surface area contributed by atoms with Gasteiger partial charge in [0.25, 0.3) is 5.56 Å². The van der Waals surface area contributed by atoms with Gasteiger partial charge in [0.05, 0.1) is 19.8 Å². The highest BCUT2D eigenvalue weighted by molar-refractivity contribution is 6.01. The van der Waals surface area contributed by atoms with Crippen LogP contribution in [0.2, 0.25) is 0 Å². The van der Waals surface area contributed by atoms with Crippen molar-refractivity contribution >= 4 is 17.8 Å². The van der Waals surface area contributed by atoms with Gasteiger partial charge in [-0.15, -0.1) is 0 Å². The first kappa shape index (κ1) is 15.5. The molecule has 0 spiro atoms. The predicted octanol–water partition coefficient (Wildman–Crippen LogP) is -1.90. The Bertz CT molecular complexity index is 656. The molecule has 0 bridgehead atoms. The SMILES string of the molecule is COC(=O)C(C(=O)OC)c1c(N)n(C)c(=O)n(C)c1=O. The Morgan fingerprint density at radius 1 is 1.05 bits per heavy atom. The van der Waals surface area contributed by atoms with Gasteiger partial charge in [0.1, 0.15) is 5.82 Å². The minimum Gasteiger partial charge on any atom is -0.468 e. The number of carbonyl (C=O) groups excluding carboxylic acids is 2. The van der Waals surface area contributed by atoms with Crippen LogP contribution < -0.4 is 17.0 Å². The summed E-state index contributed by atoms with van der Waals surface area (Å²) in [5.41, 5.74) is 3.79. The van der Waals surface area contributed by atoms with Gasteiger partial charge in [-0.05, 0) is 0 Å². The number of anilines is 1. The molecule has 0 amide bonds. The Morgan fingerprint density at radius 3 is 1.90 bits per heavy atom. The Hall–Kier alpha value is -2.58. The van der Waals surface area contributed by atoms with Crippen LogP contribution in [0.4, 0.5) is 5.82 Å². The fraction of sp³-hybridized carbons (Fsp3) is 0.455. The average Bonchev–Trinajstić information content (AvgIpc) is 2.45. The van der Waals surface area contributed by atoms with Crippen LogP contribution in [0, 0.1) is 0 Å². The van der Waals surface area contributed by atoms with E-state index in [4.69, 9.17) is 5.73 Å². The van der Waals surface area contributed by atoms with Crippen LogP contribution in [0.15, 0.2) is 9.59 Å². The zero-order chi connectivity index (χ0) is 15.6. The molecule has 1 rings (SSSR count). The number of rotatable bonds is 3. The second-order valence-electron chi connectivity index (χ2n) is 3.98. The van der Waals surface area contributed by atoms with Gasteiger partial charge in [-0.3, -0.25) is 23.5 Å². The third kappa shape index (κ3) is 2.29. The summed E-state index contributed by atoms with van der Waals surface area (Å²) >= 11 is 0. The summed E-state index contributed by atoms with van der Waals surface area (Å²) in [5, 5.41) is 0. The normalized spacial score (nSPS) is 10.4. The number of hydrogen-bond acceptors (Lipinski definition) is 7. The maximum absolute atomic E-state index is 12.1. The highest BCUT2D eigenvalue weighted by atomic mass is 16.5. The molecule has 2 N–H and O–H groups in total. The molecule has 0 aliphatic heterocycles. The number of nitrogen functional groups attached to an aromatic ring is 1. The van der Waals surface area contributed by atoms with Gasteiger partial charge in [0, 0.05) is 14.1 Å². The number of nitrogens with zero attached hydrogens (tertiary/aromatic N) is 2. The summed E-state index contributed by atoms with van der Waals surface area (Å²) < 4.78 is 10.7. The van der Waals surface area contributed by atoms with Crippen LogP contribution in [0.1, 0.15) is 11.5 Å². The summed E-state index contributed by atoms with van der Waals surface area (Å²) in [4.78, 5) is 47.2. The van der Waals surface area contributed by atoms with E-state index in [9.17, 15) is 19.2 Å². The van der Waals surface area contributed by atoms with E-state index in [0.717, 1.165) is 23.4 Å². The third-order valence-electron chi connectivity index (χ3n) is 2.91. The lowest BCUT2D eigenvalue weighted by atomic mass is 10.0. The molecular weight excluding hydrogens is 270 g/mol. The van der Waals surface area contributed by atoms with Crippen molar-refractivity contribution in [2.24, 2.45) is 14.1 Å². The van der Waals surface area contributed by atoms with Crippen molar-refractivity contribution in [1.29, 1.82) is 0 Å². The Kier molecular flexibility index (Phi) is 4.33. The molecule has 0 aromatic carbocycles. The molecule has 0 fully saturated rings. The lowest BCUT2D eigenvalue weighted by molar-refractivity contribution is -0.154. The van der Waals surface area contributed by atoms with E-state index in [1.165, 1.54) is 14.1 Å². The zero-order valence-electron chi connectivity index (χ0n) is 11.5. The number of ether oxygens (including phenoxy) is 2. The zero-order valence-corrected chi connectivity index (χ0v) is 11.5. The van der Waals surface area contributed by atoms with Crippen LogP contribution in [-0.4, -0.2) is 35.3 Å².